The number of hydrogen-bond donors (Lipinski definition) is 2. The second kappa shape index (κ2) is 7.20. The van der Waals surface area contributed by atoms with Gasteiger partial charge in [0.15, 0.2) is 6.54 Å². The number of para-hydroxylation sites is 1. The summed E-state index contributed by atoms with van der Waals surface area (Å²) in [5.41, 5.74) is 1.12. The van der Waals surface area contributed by atoms with E-state index < -0.39 is 0 Å². The van der Waals surface area contributed by atoms with Crippen LogP contribution in [0.25, 0.3) is 10.2 Å². The Hall–Kier alpha value is -1.46. The highest BCUT2D eigenvalue weighted by Crippen LogP contribution is 2.31. The second-order valence-electron chi connectivity index (χ2n) is 6.07. The number of hydrogen-bond acceptors (Lipinski definition) is 3. The monoisotopic (exact) mass is 318 g/mol. The number of carbonyl (C=O) groups is 1. The van der Waals surface area contributed by atoms with Crippen LogP contribution in [-0.4, -0.2) is 37.1 Å². The second-order valence-corrected chi connectivity index (χ2v) is 7.13. The number of nitrogens with zero attached hydrogens (tertiary/aromatic N) is 1. The molecule has 1 aromatic carbocycles. The van der Waals surface area contributed by atoms with Crippen molar-refractivity contribution >= 4 is 27.5 Å². The van der Waals surface area contributed by atoms with Gasteiger partial charge in [-0.05, 0) is 18.6 Å². The molecule has 1 aliphatic rings. The molecule has 0 unspecified atom stereocenters. The summed E-state index contributed by atoms with van der Waals surface area (Å²) in [6, 6.07) is 8.36. The Kier molecular flexibility index (Phi) is 5.05. The summed E-state index contributed by atoms with van der Waals surface area (Å²) in [4.78, 5) is 18.0. The summed E-state index contributed by atoms with van der Waals surface area (Å²) < 4.78 is 1.28. The molecule has 0 spiro atoms. The third-order valence-electron chi connectivity index (χ3n) is 4.34. The first-order valence-electron chi connectivity index (χ1n) is 8.22. The van der Waals surface area contributed by atoms with E-state index in [2.05, 4.69) is 30.4 Å². The van der Waals surface area contributed by atoms with Crippen molar-refractivity contribution in [2.45, 2.75) is 32.1 Å². The van der Waals surface area contributed by atoms with Gasteiger partial charge in [0.1, 0.15) is 0 Å². The maximum absolute atomic E-state index is 11.8. The van der Waals surface area contributed by atoms with Gasteiger partial charge in [-0.3, -0.25) is 4.79 Å². The molecule has 0 atom stereocenters. The minimum Gasteiger partial charge on any atom is -0.351 e. The zero-order valence-corrected chi connectivity index (χ0v) is 13.9. The van der Waals surface area contributed by atoms with E-state index in [1.54, 1.807) is 0 Å². The van der Waals surface area contributed by atoms with Crippen LogP contribution in [0.3, 0.4) is 0 Å². The van der Waals surface area contributed by atoms with E-state index in [0.717, 1.165) is 44.4 Å². The van der Waals surface area contributed by atoms with Gasteiger partial charge in [-0.25, -0.2) is 4.98 Å². The van der Waals surface area contributed by atoms with Crippen LogP contribution >= 0.6 is 11.3 Å². The number of fused-ring (bicyclic) bond motifs is 1. The number of rotatable bonds is 5. The largest absolute Gasteiger partial charge is 0.351 e. The van der Waals surface area contributed by atoms with Crippen LogP contribution in [0, 0.1) is 0 Å². The maximum Gasteiger partial charge on any atom is 0.275 e. The van der Waals surface area contributed by atoms with Crippen molar-refractivity contribution in [3.63, 3.8) is 0 Å². The molecule has 0 aliphatic carbocycles. The lowest BCUT2D eigenvalue weighted by molar-refractivity contribution is -0.897. The SMILES string of the molecule is CCCNC(=O)C[NH+]1CCC(c2nc3ccccc3s2)CC1. The molecule has 1 aliphatic heterocycles. The zero-order chi connectivity index (χ0) is 15.4. The molecule has 22 heavy (non-hydrogen) atoms. The van der Waals surface area contributed by atoms with Crippen molar-refractivity contribution in [2.75, 3.05) is 26.2 Å². The van der Waals surface area contributed by atoms with Crippen LogP contribution in [0.1, 0.15) is 37.1 Å². The molecule has 0 saturated carbocycles. The minimum absolute atomic E-state index is 0.190. The Labute approximate surface area is 135 Å². The lowest BCUT2D eigenvalue weighted by Crippen LogP contribution is -3.14. The van der Waals surface area contributed by atoms with Crippen molar-refractivity contribution in [1.29, 1.82) is 0 Å². The fourth-order valence-electron chi connectivity index (χ4n) is 3.07. The highest BCUT2D eigenvalue weighted by atomic mass is 32.1. The van der Waals surface area contributed by atoms with Gasteiger partial charge in [0.2, 0.25) is 0 Å². The molecule has 5 heteroatoms. The van der Waals surface area contributed by atoms with Crippen molar-refractivity contribution in [3.8, 4) is 0 Å². The first-order chi connectivity index (χ1) is 10.8. The first kappa shape index (κ1) is 15.4. The van der Waals surface area contributed by atoms with Crippen molar-refractivity contribution in [2.24, 2.45) is 0 Å². The summed E-state index contributed by atoms with van der Waals surface area (Å²) in [6.45, 7) is 5.63. The van der Waals surface area contributed by atoms with Crippen LogP contribution in [0.4, 0.5) is 0 Å². The molecule has 1 aromatic heterocycles. The Balaban J connectivity index is 1.54. The maximum atomic E-state index is 11.8. The van der Waals surface area contributed by atoms with Gasteiger partial charge in [0.25, 0.3) is 5.91 Å². The number of thiazole rings is 1. The molecule has 2 aromatic rings. The van der Waals surface area contributed by atoms with Crippen LogP contribution < -0.4 is 10.2 Å². The van der Waals surface area contributed by atoms with Crippen molar-refractivity contribution < 1.29 is 9.69 Å². The van der Waals surface area contributed by atoms with E-state index in [1.165, 1.54) is 14.6 Å². The summed E-state index contributed by atoms with van der Waals surface area (Å²) in [6.07, 6.45) is 3.27. The lowest BCUT2D eigenvalue weighted by Gasteiger charge is -2.27. The van der Waals surface area contributed by atoms with E-state index >= 15 is 0 Å². The zero-order valence-electron chi connectivity index (χ0n) is 13.1. The average Bonchev–Trinajstić information content (AvgIpc) is 2.97. The number of piperidine rings is 1. The predicted octanol–water partition coefficient (Wildman–Crippen LogP) is 1.58. The molecule has 1 fully saturated rings. The average molecular weight is 318 g/mol. The van der Waals surface area contributed by atoms with E-state index in [9.17, 15) is 4.79 Å². The van der Waals surface area contributed by atoms with Crippen molar-refractivity contribution in [1.82, 2.24) is 10.3 Å². The summed E-state index contributed by atoms with van der Waals surface area (Å²) in [5.74, 6) is 0.759. The lowest BCUT2D eigenvalue weighted by atomic mass is 9.97. The number of quaternary nitrogens is 1. The van der Waals surface area contributed by atoms with Gasteiger partial charge in [0.05, 0.1) is 28.3 Å². The fourth-order valence-corrected chi connectivity index (χ4v) is 4.20. The molecule has 0 bridgehead atoms. The molecule has 2 heterocycles. The fraction of sp³-hybridized carbons (Fsp3) is 0.529. The number of likely N-dealkylation sites (tertiary alicyclic amines) is 1. The van der Waals surface area contributed by atoms with Gasteiger partial charge in [-0.1, -0.05) is 19.1 Å². The molecule has 1 amide bonds. The molecule has 4 nitrogen and oxygen atoms in total. The third-order valence-corrected chi connectivity index (χ3v) is 5.53. The van der Waals surface area contributed by atoms with Crippen LogP contribution in [0.15, 0.2) is 24.3 Å². The molecule has 118 valence electrons. The standard InChI is InChI=1S/C17H23N3OS/c1-2-9-18-16(21)12-20-10-7-13(8-11-20)17-19-14-5-3-4-6-15(14)22-17/h3-6,13H,2,7-12H2,1H3,(H,18,21)/p+1. The normalized spacial score (nSPS) is 21.9. The highest BCUT2D eigenvalue weighted by Gasteiger charge is 2.26. The molecular formula is C17H24N3OS+. The van der Waals surface area contributed by atoms with Crippen molar-refractivity contribution in [3.05, 3.63) is 29.3 Å². The number of benzene rings is 1. The molecule has 1 saturated heterocycles. The molecule has 3 rings (SSSR count). The van der Waals surface area contributed by atoms with E-state index in [0.29, 0.717) is 12.5 Å². The number of nitrogens with one attached hydrogen (secondary N) is 2. The van der Waals surface area contributed by atoms with E-state index in [1.807, 2.05) is 17.4 Å². The number of aromatic nitrogens is 1. The smallest absolute Gasteiger partial charge is 0.275 e. The molecule has 2 N–H and O–H groups in total. The quantitative estimate of drug-likeness (QED) is 0.879. The van der Waals surface area contributed by atoms with Crippen LogP contribution in [-0.2, 0) is 4.79 Å². The van der Waals surface area contributed by atoms with Gasteiger partial charge >= 0.3 is 0 Å². The van der Waals surface area contributed by atoms with Crippen LogP contribution in [0.2, 0.25) is 0 Å². The van der Waals surface area contributed by atoms with Crippen LogP contribution in [0.5, 0.6) is 0 Å². The van der Waals surface area contributed by atoms with E-state index in [-0.39, 0.29) is 5.91 Å². The molecule has 0 radical (unpaired) electrons. The van der Waals surface area contributed by atoms with E-state index in [4.69, 9.17) is 4.98 Å². The Bertz CT molecular complexity index is 599. The topological polar surface area (TPSA) is 46.4 Å². The Morgan fingerprint density at radius 2 is 2.14 bits per heavy atom. The number of amides is 1. The van der Waals surface area contributed by atoms with Gasteiger partial charge in [-0.2, -0.15) is 0 Å². The minimum atomic E-state index is 0.190. The first-order valence-corrected chi connectivity index (χ1v) is 9.03. The summed E-state index contributed by atoms with van der Waals surface area (Å²) in [7, 11) is 0. The van der Waals surface area contributed by atoms with Gasteiger partial charge < -0.3 is 10.2 Å². The molecular weight excluding hydrogens is 294 g/mol. The number of carbonyl (C=O) groups excluding carboxylic acids is 1. The Morgan fingerprint density at radius 1 is 1.36 bits per heavy atom. The Morgan fingerprint density at radius 3 is 2.86 bits per heavy atom. The summed E-state index contributed by atoms with van der Waals surface area (Å²) in [5, 5.41) is 4.24. The van der Waals surface area contributed by atoms with Gasteiger partial charge in [0, 0.05) is 25.3 Å². The van der Waals surface area contributed by atoms with Gasteiger partial charge in [-0.15, -0.1) is 11.3 Å². The highest BCUT2D eigenvalue weighted by molar-refractivity contribution is 7.18. The third kappa shape index (κ3) is 3.65. The predicted molar refractivity (Wildman–Crippen MR) is 90.5 cm³/mol. The summed E-state index contributed by atoms with van der Waals surface area (Å²) >= 11 is 1.83.